The van der Waals surface area contributed by atoms with Gasteiger partial charge in [0.25, 0.3) is 0 Å². The third kappa shape index (κ3) is 3.72. The van der Waals surface area contributed by atoms with E-state index in [0.717, 1.165) is 5.71 Å². The van der Waals surface area contributed by atoms with Crippen molar-refractivity contribution >= 4 is 5.71 Å². The van der Waals surface area contributed by atoms with Gasteiger partial charge in [-0.2, -0.15) is 0 Å². The molecule has 1 N–H and O–H groups in total. The van der Waals surface area contributed by atoms with Gasteiger partial charge < -0.3 is 9.84 Å². The van der Waals surface area contributed by atoms with Crippen LogP contribution in [0.3, 0.4) is 0 Å². The molecule has 3 heteroatoms. The summed E-state index contributed by atoms with van der Waals surface area (Å²) >= 11 is 0. The fourth-order valence-corrected chi connectivity index (χ4v) is 1.98. The Morgan fingerprint density at radius 3 is 2.19 bits per heavy atom. The van der Waals surface area contributed by atoms with Crippen LogP contribution in [0.1, 0.15) is 27.7 Å². The number of methoxy groups -OCH3 is 1. The molecule has 0 aromatic heterocycles. The number of rotatable bonds is 5. The first-order valence-electron chi connectivity index (χ1n) is 5.56. The monoisotopic (exact) mass is 227 g/mol. The standard InChI is InChI=1S/C13H25NO2/c1-8-10(15)11(9(2)14-6)12(16-7)13(3,4)5/h8,10-12,15H,1H2,2-7H3. The van der Waals surface area contributed by atoms with Gasteiger partial charge in [-0.25, -0.2) is 0 Å². The van der Waals surface area contributed by atoms with Crippen molar-refractivity contribution in [3.63, 3.8) is 0 Å². The Balaban J connectivity index is 5.23. The molecule has 3 atom stereocenters. The van der Waals surface area contributed by atoms with E-state index in [-0.39, 0.29) is 17.4 Å². The first kappa shape index (κ1) is 15.3. The number of hydrogen-bond donors (Lipinski definition) is 1. The van der Waals surface area contributed by atoms with Crippen LogP contribution in [0.4, 0.5) is 0 Å². The summed E-state index contributed by atoms with van der Waals surface area (Å²) in [4.78, 5) is 4.17. The average molecular weight is 227 g/mol. The second-order valence-electron chi connectivity index (χ2n) is 5.14. The quantitative estimate of drug-likeness (QED) is 0.578. The molecule has 16 heavy (non-hydrogen) atoms. The third-order valence-corrected chi connectivity index (χ3v) is 2.88. The van der Waals surface area contributed by atoms with E-state index in [2.05, 4.69) is 32.3 Å². The van der Waals surface area contributed by atoms with Crippen LogP contribution >= 0.6 is 0 Å². The summed E-state index contributed by atoms with van der Waals surface area (Å²) in [5, 5.41) is 10.0. The zero-order chi connectivity index (χ0) is 12.9. The SMILES string of the molecule is C=CC(O)C(C(C)=NC)C(OC)C(C)(C)C. The minimum atomic E-state index is -0.632. The fraction of sp³-hybridized carbons (Fsp3) is 0.769. The molecule has 94 valence electrons. The normalized spacial score (nSPS) is 19.1. The van der Waals surface area contributed by atoms with Crippen molar-refractivity contribution in [2.75, 3.05) is 14.2 Å². The summed E-state index contributed by atoms with van der Waals surface area (Å²) in [6.45, 7) is 11.8. The molecule has 0 radical (unpaired) electrons. The van der Waals surface area contributed by atoms with E-state index < -0.39 is 6.10 Å². The van der Waals surface area contributed by atoms with Gasteiger partial charge in [0, 0.05) is 19.9 Å². The lowest BCUT2D eigenvalue weighted by atomic mass is 9.76. The summed E-state index contributed by atoms with van der Waals surface area (Å²) in [7, 11) is 3.40. The average Bonchev–Trinajstić information content (AvgIpc) is 2.21. The number of aliphatic hydroxyl groups excluding tert-OH is 1. The van der Waals surface area contributed by atoms with Crippen LogP contribution in [0.2, 0.25) is 0 Å². The molecular formula is C13H25NO2. The first-order valence-corrected chi connectivity index (χ1v) is 5.56. The Hall–Kier alpha value is -0.670. The molecule has 0 aliphatic carbocycles. The van der Waals surface area contributed by atoms with Gasteiger partial charge in [0.2, 0.25) is 0 Å². The van der Waals surface area contributed by atoms with Gasteiger partial charge in [0.15, 0.2) is 0 Å². The van der Waals surface area contributed by atoms with Crippen molar-refractivity contribution in [3.05, 3.63) is 12.7 Å². The Morgan fingerprint density at radius 1 is 1.44 bits per heavy atom. The zero-order valence-corrected chi connectivity index (χ0v) is 11.3. The van der Waals surface area contributed by atoms with Crippen molar-refractivity contribution in [2.24, 2.45) is 16.3 Å². The fourth-order valence-electron chi connectivity index (χ4n) is 1.98. The first-order chi connectivity index (χ1) is 7.29. The largest absolute Gasteiger partial charge is 0.388 e. The van der Waals surface area contributed by atoms with Crippen molar-refractivity contribution in [3.8, 4) is 0 Å². The highest BCUT2D eigenvalue weighted by Gasteiger charge is 2.37. The Kier molecular flexibility index (Phi) is 5.90. The van der Waals surface area contributed by atoms with E-state index in [1.165, 1.54) is 6.08 Å². The smallest absolute Gasteiger partial charge is 0.0823 e. The lowest BCUT2D eigenvalue weighted by molar-refractivity contribution is -0.0344. The van der Waals surface area contributed by atoms with Gasteiger partial charge in [-0.1, -0.05) is 26.8 Å². The maximum absolute atomic E-state index is 10.0. The van der Waals surface area contributed by atoms with E-state index in [4.69, 9.17) is 4.74 Å². The minimum absolute atomic E-state index is 0.0602. The molecule has 0 aromatic rings. The molecule has 0 heterocycles. The molecule has 0 spiro atoms. The maximum atomic E-state index is 10.0. The zero-order valence-electron chi connectivity index (χ0n) is 11.3. The molecule has 0 aliphatic rings. The van der Waals surface area contributed by atoms with Crippen molar-refractivity contribution in [1.82, 2.24) is 0 Å². The molecule has 3 nitrogen and oxygen atoms in total. The lowest BCUT2D eigenvalue weighted by Crippen LogP contribution is -2.44. The number of aliphatic imine (C=N–C) groups is 1. The molecule has 0 saturated heterocycles. The number of ether oxygens (including phenoxy) is 1. The van der Waals surface area contributed by atoms with E-state index in [1.807, 2.05) is 6.92 Å². The van der Waals surface area contributed by atoms with Gasteiger partial charge in [-0.15, -0.1) is 6.58 Å². The third-order valence-electron chi connectivity index (χ3n) is 2.88. The van der Waals surface area contributed by atoms with Crippen molar-refractivity contribution < 1.29 is 9.84 Å². The highest BCUT2D eigenvalue weighted by molar-refractivity contribution is 5.85. The summed E-state index contributed by atoms with van der Waals surface area (Å²) < 4.78 is 5.53. The molecule has 0 aromatic carbocycles. The van der Waals surface area contributed by atoms with E-state index >= 15 is 0 Å². The van der Waals surface area contributed by atoms with Crippen LogP contribution in [-0.2, 0) is 4.74 Å². The highest BCUT2D eigenvalue weighted by Crippen LogP contribution is 2.31. The van der Waals surface area contributed by atoms with Crippen LogP contribution in [-0.4, -0.2) is 37.2 Å². The van der Waals surface area contributed by atoms with Crippen molar-refractivity contribution in [2.45, 2.75) is 39.9 Å². The molecule has 0 rings (SSSR count). The van der Waals surface area contributed by atoms with Gasteiger partial charge in [0.1, 0.15) is 0 Å². The van der Waals surface area contributed by atoms with Crippen LogP contribution in [0.15, 0.2) is 17.6 Å². The van der Waals surface area contributed by atoms with Crippen LogP contribution in [0.5, 0.6) is 0 Å². The molecule has 0 bridgehead atoms. The van der Waals surface area contributed by atoms with E-state index in [0.29, 0.717) is 0 Å². The molecule has 0 fully saturated rings. The summed E-state index contributed by atoms with van der Waals surface area (Å²) in [5.74, 6) is -0.146. The molecule has 0 aliphatic heterocycles. The minimum Gasteiger partial charge on any atom is -0.388 e. The molecule has 3 unspecified atom stereocenters. The summed E-state index contributed by atoms with van der Waals surface area (Å²) in [6.07, 6.45) is 0.814. The Morgan fingerprint density at radius 2 is 1.94 bits per heavy atom. The van der Waals surface area contributed by atoms with Crippen LogP contribution in [0.25, 0.3) is 0 Å². The van der Waals surface area contributed by atoms with Gasteiger partial charge in [-0.05, 0) is 12.3 Å². The van der Waals surface area contributed by atoms with E-state index in [9.17, 15) is 5.11 Å². The Labute approximate surface area is 99.2 Å². The number of hydrogen-bond acceptors (Lipinski definition) is 3. The second-order valence-corrected chi connectivity index (χ2v) is 5.14. The summed E-state index contributed by atoms with van der Waals surface area (Å²) in [6, 6.07) is 0. The molecule has 0 amide bonds. The predicted molar refractivity (Wildman–Crippen MR) is 69.0 cm³/mol. The molecular weight excluding hydrogens is 202 g/mol. The highest BCUT2D eigenvalue weighted by atomic mass is 16.5. The second kappa shape index (κ2) is 6.16. The maximum Gasteiger partial charge on any atom is 0.0823 e. The van der Waals surface area contributed by atoms with Gasteiger partial charge in [0.05, 0.1) is 18.1 Å². The van der Waals surface area contributed by atoms with Crippen molar-refractivity contribution in [1.29, 1.82) is 0 Å². The lowest BCUT2D eigenvalue weighted by Gasteiger charge is -2.37. The summed E-state index contributed by atoms with van der Waals surface area (Å²) in [5.41, 5.74) is 0.823. The van der Waals surface area contributed by atoms with E-state index in [1.54, 1.807) is 14.2 Å². The topological polar surface area (TPSA) is 41.8 Å². The molecule has 0 saturated carbocycles. The van der Waals surface area contributed by atoms with Gasteiger partial charge >= 0.3 is 0 Å². The number of aliphatic hydroxyl groups is 1. The van der Waals surface area contributed by atoms with Gasteiger partial charge in [-0.3, -0.25) is 4.99 Å². The van der Waals surface area contributed by atoms with Crippen LogP contribution in [0, 0.1) is 11.3 Å². The predicted octanol–water partition coefficient (Wildman–Crippen LogP) is 2.30. The number of nitrogens with zero attached hydrogens (tertiary/aromatic N) is 1. The Bertz CT molecular complexity index is 253. The van der Waals surface area contributed by atoms with Crippen LogP contribution < -0.4 is 0 Å².